The predicted octanol–water partition coefficient (Wildman–Crippen LogP) is 4.31. The van der Waals surface area contributed by atoms with E-state index in [0.29, 0.717) is 6.04 Å². The number of aryl methyl sites for hydroxylation is 2. The summed E-state index contributed by atoms with van der Waals surface area (Å²) in [6.07, 6.45) is 4.08. The van der Waals surface area contributed by atoms with Crippen LogP contribution in [0.1, 0.15) is 49.4 Å². The van der Waals surface area contributed by atoms with E-state index in [2.05, 4.69) is 58.6 Å². The minimum absolute atomic E-state index is 0.220. The molecule has 0 fully saturated rings. The topological polar surface area (TPSA) is 12.0 Å². The molecule has 19 heavy (non-hydrogen) atoms. The molecule has 0 radical (unpaired) electrons. The van der Waals surface area contributed by atoms with Crippen molar-refractivity contribution < 1.29 is 0 Å². The minimum atomic E-state index is 0.220. The second-order valence-electron chi connectivity index (χ2n) is 6.55. The SMILES string of the molecule is C=CCC(Cc1c(C)cc(C(C)(C)C)cc1C)NC. The molecule has 1 atom stereocenters. The third-order valence-corrected chi connectivity index (χ3v) is 3.87. The summed E-state index contributed by atoms with van der Waals surface area (Å²) in [6, 6.07) is 5.18. The quantitative estimate of drug-likeness (QED) is 0.777. The molecular formula is C18H29N. The Morgan fingerprint density at radius 1 is 1.21 bits per heavy atom. The van der Waals surface area contributed by atoms with Gasteiger partial charge in [0.2, 0.25) is 0 Å². The second-order valence-corrected chi connectivity index (χ2v) is 6.55. The Kier molecular flexibility index (Phi) is 5.37. The highest BCUT2D eigenvalue weighted by molar-refractivity contribution is 5.41. The lowest BCUT2D eigenvalue weighted by Gasteiger charge is -2.24. The van der Waals surface area contributed by atoms with Gasteiger partial charge in [-0.15, -0.1) is 6.58 Å². The Balaban J connectivity index is 3.06. The lowest BCUT2D eigenvalue weighted by molar-refractivity contribution is 0.561. The van der Waals surface area contributed by atoms with Gasteiger partial charge in [0.25, 0.3) is 0 Å². The first-order chi connectivity index (χ1) is 8.79. The number of hydrogen-bond acceptors (Lipinski definition) is 1. The van der Waals surface area contributed by atoms with Crippen LogP contribution in [-0.2, 0) is 11.8 Å². The number of nitrogens with one attached hydrogen (secondary N) is 1. The molecule has 0 saturated heterocycles. The molecule has 0 aliphatic carbocycles. The molecule has 1 nitrogen and oxygen atoms in total. The van der Waals surface area contributed by atoms with Gasteiger partial charge in [0.1, 0.15) is 0 Å². The molecule has 0 aliphatic rings. The number of benzene rings is 1. The van der Waals surface area contributed by atoms with Crippen molar-refractivity contribution in [1.29, 1.82) is 0 Å². The smallest absolute Gasteiger partial charge is 0.0139 e. The molecule has 0 aromatic heterocycles. The van der Waals surface area contributed by atoms with Crippen molar-refractivity contribution in [2.75, 3.05) is 7.05 Å². The Labute approximate surface area is 119 Å². The van der Waals surface area contributed by atoms with Gasteiger partial charge >= 0.3 is 0 Å². The third-order valence-electron chi connectivity index (χ3n) is 3.87. The van der Waals surface area contributed by atoms with Crippen molar-refractivity contribution in [2.45, 2.75) is 58.9 Å². The number of likely N-dealkylation sites (N-methyl/N-ethyl adjacent to an activating group) is 1. The molecule has 1 aromatic rings. The van der Waals surface area contributed by atoms with Crippen LogP contribution >= 0.6 is 0 Å². The normalized spacial score (nSPS) is 13.4. The van der Waals surface area contributed by atoms with Gasteiger partial charge in [0, 0.05) is 6.04 Å². The maximum absolute atomic E-state index is 3.84. The van der Waals surface area contributed by atoms with Crippen molar-refractivity contribution in [3.05, 3.63) is 47.0 Å². The maximum atomic E-state index is 3.84. The fourth-order valence-electron chi connectivity index (χ4n) is 2.50. The van der Waals surface area contributed by atoms with E-state index in [1.807, 2.05) is 13.1 Å². The van der Waals surface area contributed by atoms with Crippen molar-refractivity contribution in [2.24, 2.45) is 0 Å². The summed E-state index contributed by atoms with van der Waals surface area (Å²) in [6.45, 7) is 15.1. The highest BCUT2D eigenvalue weighted by Gasteiger charge is 2.17. The first-order valence-electron chi connectivity index (χ1n) is 7.18. The maximum Gasteiger partial charge on any atom is 0.0139 e. The summed E-state index contributed by atoms with van der Waals surface area (Å²) in [4.78, 5) is 0. The lowest BCUT2D eigenvalue weighted by Crippen LogP contribution is -2.27. The Bertz CT molecular complexity index is 414. The molecule has 1 N–H and O–H groups in total. The van der Waals surface area contributed by atoms with E-state index in [0.717, 1.165) is 12.8 Å². The van der Waals surface area contributed by atoms with Crippen LogP contribution in [0.15, 0.2) is 24.8 Å². The van der Waals surface area contributed by atoms with Crippen molar-refractivity contribution in [1.82, 2.24) is 5.32 Å². The van der Waals surface area contributed by atoms with Gasteiger partial charge in [0.05, 0.1) is 0 Å². The molecule has 0 bridgehead atoms. The van der Waals surface area contributed by atoms with Gasteiger partial charge in [-0.25, -0.2) is 0 Å². The summed E-state index contributed by atoms with van der Waals surface area (Å²) < 4.78 is 0. The summed E-state index contributed by atoms with van der Waals surface area (Å²) in [5.41, 5.74) is 5.95. The molecule has 1 heteroatoms. The largest absolute Gasteiger partial charge is 0.316 e. The zero-order valence-electron chi connectivity index (χ0n) is 13.4. The van der Waals surface area contributed by atoms with Crippen LogP contribution < -0.4 is 5.32 Å². The summed E-state index contributed by atoms with van der Waals surface area (Å²) in [5, 5.41) is 3.38. The van der Waals surface area contributed by atoms with Gasteiger partial charge in [-0.3, -0.25) is 0 Å². The first-order valence-corrected chi connectivity index (χ1v) is 7.18. The van der Waals surface area contributed by atoms with E-state index in [-0.39, 0.29) is 5.41 Å². The van der Waals surface area contributed by atoms with Gasteiger partial charge in [-0.1, -0.05) is 39.0 Å². The van der Waals surface area contributed by atoms with Crippen LogP contribution in [0.25, 0.3) is 0 Å². The predicted molar refractivity (Wildman–Crippen MR) is 86.0 cm³/mol. The van der Waals surface area contributed by atoms with E-state index in [1.54, 1.807) is 0 Å². The van der Waals surface area contributed by atoms with E-state index in [1.165, 1.54) is 22.3 Å². The number of hydrogen-bond donors (Lipinski definition) is 1. The average Bonchev–Trinajstić information content (AvgIpc) is 2.30. The number of rotatable bonds is 5. The van der Waals surface area contributed by atoms with E-state index < -0.39 is 0 Å². The molecule has 0 aliphatic heterocycles. The van der Waals surface area contributed by atoms with E-state index >= 15 is 0 Å². The molecule has 1 aromatic carbocycles. The summed E-state index contributed by atoms with van der Waals surface area (Å²) >= 11 is 0. The average molecular weight is 259 g/mol. The molecule has 0 amide bonds. The molecule has 106 valence electrons. The zero-order valence-corrected chi connectivity index (χ0v) is 13.4. The lowest BCUT2D eigenvalue weighted by atomic mass is 9.83. The van der Waals surface area contributed by atoms with Crippen LogP contribution in [0.2, 0.25) is 0 Å². The molecular weight excluding hydrogens is 230 g/mol. The third kappa shape index (κ3) is 4.21. The fraction of sp³-hybridized carbons (Fsp3) is 0.556. The monoisotopic (exact) mass is 259 g/mol. The van der Waals surface area contributed by atoms with Crippen LogP contribution in [0, 0.1) is 13.8 Å². The van der Waals surface area contributed by atoms with Crippen molar-refractivity contribution in [3.63, 3.8) is 0 Å². The van der Waals surface area contributed by atoms with Gasteiger partial charge < -0.3 is 5.32 Å². The second kappa shape index (κ2) is 6.38. The standard InChI is InChI=1S/C18H29N/c1-8-9-16(19-7)12-17-13(2)10-15(11-14(17)3)18(4,5)6/h8,10-11,16,19H,1,9,12H2,2-7H3. The van der Waals surface area contributed by atoms with Crippen LogP contribution in [0.3, 0.4) is 0 Å². The molecule has 0 heterocycles. The Hall–Kier alpha value is -1.08. The molecule has 1 unspecified atom stereocenters. The van der Waals surface area contributed by atoms with Gasteiger partial charge in [-0.2, -0.15) is 0 Å². The first kappa shape index (κ1) is 16.0. The van der Waals surface area contributed by atoms with Crippen LogP contribution in [0.4, 0.5) is 0 Å². The zero-order chi connectivity index (χ0) is 14.6. The molecule has 1 rings (SSSR count). The van der Waals surface area contributed by atoms with Gasteiger partial charge in [0.15, 0.2) is 0 Å². The van der Waals surface area contributed by atoms with E-state index in [4.69, 9.17) is 0 Å². The van der Waals surface area contributed by atoms with Crippen LogP contribution in [-0.4, -0.2) is 13.1 Å². The van der Waals surface area contributed by atoms with Crippen LogP contribution in [0.5, 0.6) is 0 Å². The molecule has 0 saturated carbocycles. The molecule has 0 spiro atoms. The van der Waals surface area contributed by atoms with Gasteiger partial charge in [-0.05, 0) is 61.4 Å². The summed E-state index contributed by atoms with van der Waals surface area (Å²) in [7, 11) is 2.03. The highest BCUT2D eigenvalue weighted by atomic mass is 14.9. The Morgan fingerprint density at radius 2 is 1.74 bits per heavy atom. The minimum Gasteiger partial charge on any atom is -0.316 e. The van der Waals surface area contributed by atoms with E-state index in [9.17, 15) is 0 Å². The van der Waals surface area contributed by atoms with Crippen molar-refractivity contribution >= 4 is 0 Å². The summed E-state index contributed by atoms with van der Waals surface area (Å²) in [5.74, 6) is 0. The highest BCUT2D eigenvalue weighted by Crippen LogP contribution is 2.27. The van der Waals surface area contributed by atoms with Crippen molar-refractivity contribution in [3.8, 4) is 0 Å². The fourth-order valence-corrected chi connectivity index (χ4v) is 2.50. The Morgan fingerprint density at radius 3 is 2.11 bits per heavy atom.